The Balaban J connectivity index is 2.42. The molecule has 0 amide bonds. The highest BCUT2D eigenvalue weighted by atomic mass is 32.1. The molecule has 4 nitrogen and oxygen atoms in total. The summed E-state index contributed by atoms with van der Waals surface area (Å²) in [6.45, 7) is -0.116. The zero-order valence-electron chi connectivity index (χ0n) is 9.83. The van der Waals surface area contributed by atoms with Gasteiger partial charge in [-0.1, -0.05) is 30.4 Å². The normalized spacial score (nSPS) is 10.3. The molecule has 0 spiro atoms. The van der Waals surface area contributed by atoms with Crippen molar-refractivity contribution in [2.45, 2.75) is 0 Å². The van der Waals surface area contributed by atoms with E-state index in [1.54, 1.807) is 18.1 Å². The van der Waals surface area contributed by atoms with Gasteiger partial charge in [0.1, 0.15) is 11.5 Å². The maximum atomic E-state index is 10.7. The molecule has 1 heterocycles. The molecule has 0 aliphatic rings. The Morgan fingerprint density at radius 1 is 1.39 bits per heavy atom. The van der Waals surface area contributed by atoms with E-state index in [2.05, 4.69) is 4.98 Å². The van der Waals surface area contributed by atoms with Crippen LogP contribution < -0.4 is 0 Å². The number of pyridine rings is 1. The Hall–Kier alpha value is -2.01. The van der Waals surface area contributed by atoms with Crippen LogP contribution in [0.5, 0.6) is 0 Å². The van der Waals surface area contributed by atoms with Crippen LogP contribution in [-0.4, -0.2) is 39.5 Å². The van der Waals surface area contributed by atoms with E-state index in [1.165, 1.54) is 0 Å². The molecular formula is C13H12N2O2S. The van der Waals surface area contributed by atoms with Crippen LogP contribution in [-0.2, 0) is 4.79 Å². The van der Waals surface area contributed by atoms with Gasteiger partial charge >= 0.3 is 5.97 Å². The molecule has 0 bridgehead atoms. The quantitative estimate of drug-likeness (QED) is 0.855. The predicted octanol–water partition coefficient (Wildman–Crippen LogP) is 1.93. The van der Waals surface area contributed by atoms with Gasteiger partial charge in [-0.2, -0.15) is 0 Å². The second-order valence-electron chi connectivity index (χ2n) is 3.93. The lowest BCUT2D eigenvalue weighted by Crippen LogP contribution is -2.31. The number of carboxylic acids is 1. The molecule has 0 aliphatic carbocycles. The molecule has 2 rings (SSSR count). The minimum Gasteiger partial charge on any atom is -0.480 e. The average Bonchev–Trinajstić information content (AvgIpc) is 2.36. The molecule has 0 saturated heterocycles. The molecule has 1 aromatic carbocycles. The molecule has 0 atom stereocenters. The van der Waals surface area contributed by atoms with E-state index < -0.39 is 5.97 Å². The molecule has 92 valence electrons. The summed E-state index contributed by atoms with van der Waals surface area (Å²) >= 11 is 5.32. The van der Waals surface area contributed by atoms with Gasteiger partial charge in [0.05, 0.1) is 5.52 Å². The summed E-state index contributed by atoms with van der Waals surface area (Å²) in [4.78, 5) is 17.0. The van der Waals surface area contributed by atoms with Crippen molar-refractivity contribution >= 4 is 34.1 Å². The van der Waals surface area contributed by atoms with Crippen LogP contribution in [0, 0.1) is 0 Å². The average molecular weight is 260 g/mol. The van der Waals surface area contributed by atoms with Gasteiger partial charge in [0, 0.05) is 24.2 Å². The number of fused-ring (bicyclic) bond motifs is 1. The van der Waals surface area contributed by atoms with Crippen molar-refractivity contribution in [2.75, 3.05) is 13.6 Å². The first kappa shape index (κ1) is 12.4. The maximum Gasteiger partial charge on any atom is 0.323 e. The van der Waals surface area contributed by atoms with Gasteiger partial charge in [-0.15, -0.1) is 0 Å². The fourth-order valence-corrected chi connectivity index (χ4v) is 2.01. The zero-order valence-corrected chi connectivity index (χ0v) is 10.6. The minimum absolute atomic E-state index is 0.116. The number of hydrogen-bond donors (Lipinski definition) is 1. The lowest BCUT2D eigenvalue weighted by atomic mass is 10.1. The lowest BCUT2D eigenvalue weighted by molar-refractivity contribution is -0.137. The van der Waals surface area contributed by atoms with Gasteiger partial charge in [-0.25, -0.2) is 0 Å². The number of hydrogen-bond acceptors (Lipinski definition) is 3. The molecule has 0 fully saturated rings. The summed E-state index contributed by atoms with van der Waals surface area (Å²) in [5.74, 6) is -0.904. The van der Waals surface area contributed by atoms with Gasteiger partial charge in [-0.05, 0) is 12.1 Å². The fraction of sp³-hybridized carbons (Fsp3) is 0.154. The van der Waals surface area contributed by atoms with Crippen molar-refractivity contribution in [3.63, 3.8) is 0 Å². The van der Waals surface area contributed by atoms with E-state index in [4.69, 9.17) is 17.3 Å². The fourth-order valence-electron chi connectivity index (χ4n) is 1.77. The van der Waals surface area contributed by atoms with Crippen molar-refractivity contribution < 1.29 is 9.90 Å². The highest BCUT2D eigenvalue weighted by molar-refractivity contribution is 7.80. The third kappa shape index (κ3) is 2.46. The van der Waals surface area contributed by atoms with E-state index in [9.17, 15) is 4.79 Å². The molecule has 1 N–H and O–H groups in total. The van der Waals surface area contributed by atoms with Crippen LogP contribution in [0.25, 0.3) is 10.9 Å². The van der Waals surface area contributed by atoms with Crippen LogP contribution in [0.2, 0.25) is 0 Å². The number of carboxylic acid groups (broad SMARTS) is 1. The summed E-state index contributed by atoms with van der Waals surface area (Å²) in [7, 11) is 1.67. The number of aliphatic carboxylic acids is 1. The second kappa shape index (κ2) is 5.10. The lowest BCUT2D eigenvalue weighted by Gasteiger charge is -2.18. The van der Waals surface area contributed by atoms with Gasteiger partial charge in [0.25, 0.3) is 0 Å². The highest BCUT2D eigenvalue weighted by Gasteiger charge is 2.13. The summed E-state index contributed by atoms with van der Waals surface area (Å²) in [6.07, 6.45) is 1.72. The van der Waals surface area contributed by atoms with Gasteiger partial charge < -0.3 is 10.0 Å². The SMILES string of the molecule is CN(CC(=O)O)C(=S)c1cccc2ncccc12. The largest absolute Gasteiger partial charge is 0.480 e. The third-order valence-corrected chi connectivity index (χ3v) is 3.13. The van der Waals surface area contributed by atoms with E-state index in [0.717, 1.165) is 16.5 Å². The van der Waals surface area contributed by atoms with Crippen molar-refractivity contribution in [3.05, 3.63) is 42.1 Å². The first-order chi connectivity index (χ1) is 8.59. The number of carbonyl (C=O) groups is 1. The Kier molecular flexibility index (Phi) is 3.53. The molecule has 18 heavy (non-hydrogen) atoms. The standard InChI is InChI=1S/C13H12N2O2S/c1-15(8-12(16)17)13(18)10-4-2-6-11-9(10)5-3-7-14-11/h2-7H,8H2,1H3,(H,16,17). The number of aromatic nitrogens is 1. The molecule has 0 radical (unpaired) electrons. The molecular weight excluding hydrogens is 248 g/mol. The van der Waals surface area contributed by atoms with Crippen LogP contribution >= 0.6 is 12.2 Å². The molecule has 0 saturated carbocycles. The summed E-state index contributed by atoms with van der Waals surface area (Å²) in [6, 6.07) is 9.42. The Labute approximate surface area is 110 Å². The van der Waals surface area contributed by atoms with Crippen LogP contribution in [0.1, 0.15) is 5.56 Å². The van der Waals surface area contributed by atoms with Crippen LogP contribution in [0.3, 0.4) is 0 Å². The Morgan fingerprint density at radius 2 is 2.17 bits per heavy atom. The summed E-state index contributed by atoms with van der Waals surface area (Å²) in [5.41, 5.74) is 1.68. The summed E-state index contributed by atoms with van der Waals surface area (Å²) < 4.78 is 0. The molecule has 0 unspecified atom stereocenters. The Morgan fingerprint density at radius 3 is 2.89 bits per heavy atom. The van der Waals surface area contributed by atoms with E-state index in [-0.39, 0.29) is 6.54 Å². The van der Waals surface area contributed by atoms with E-state index in [1.807, 2.05) is 30.3 Å². The number of thiocarbonyl (C=S) groups is 1. The number of likely N-dealkylation sites (N-methyl/N-ethyl adjacent to an activating group) is 1. The first-order valence-corrected chi connectivity index (χ1v) is 5.81. The third-order valence-electron chi connectivity index (χ3n) is 2.60. The van der Waals surface area contributed by atoms with E-state index >= 15 is 0 Å². The maximum absolute atomic E-state index is 10.7. The smallest absolute Gasteiger partial charge is 0.323 e. The second-order valence-corrected chi connectivity index (χ2v) is 4.32. The van der Waals surface area contributed by atoms with Crippen molar-refractivity contribution in [1.29, 1.82) is 0 Å². The molecule has 5 heteroatoms. The van der Waals surface area contributed by atoms with E-state index in [0.29, 0.717) is 4.99 Å². The number of benzene rings is 1. The highest BCUT2D eigenvalue weighted by Crippen LogP contribution is 2.18. The Bertz CT molecular complexity index is 607. The molecule has 2 aromatic rings. The van der Waals surface area contributed by atoms with Gasteiger partial charge in [0.15, 0.2) is 0 Å². The summed E-state index contributed by atoms with van der Waals surface area (Å²) in [5, 5.41) is 9.71. The van der Waals surface area contributed by atoms with Crippen LogP contribution in [0.4, 0.5) is 0 Å². The van der Waals surface area contributed by atoms with Gasteiger partial charge in [-0.3, -0.25) is 9.78 Å². The van der Waals surface area contributed by atoms with Crippen LogP contribution in [0.15, 0.2) is 36.5 Å². The first-order valence-electron chi connectivity index (χ1n) is 5.40. The van der Waals surface area contributed by atoms with Crippen molar-refractivity contribution in [2.24, 2.45) is 0 Å². The number of rotatable bonds is 3. The number of nitrogens with zero attached hydrogens (tertiary/aromatic N) is 2. The molecule has 0 aliphatic heterocycles. The predicted molar refractivity (Wildman–Crippen MR) is 73.7 cm³/mol. The van der Waals surface area contributed by atoms with Gasteiger partial charge in [0.2, 0.25) is 0 Å². The zero-order chi connectivity index (χ0) is 13.1. The topological polar surface area (TPSA) is 53.4 Å². The monoisotopic (exact) mass is 260 g/mol. The van der Waals surface area contributed by atoms with Crippen molar-refractivity contribution in [1.82, 2.24) is 9.88 Å². The molecule has 1 aromatic heterocycles. The minimum atomic E-state index is -0.904. The van der Waals surface area contributed by atoms with Crippen molar-refractivity contribution in [3.8, 4) is 0 Å².